The predicted molar refractivity (Wildman–Crippen MR) is 117 cm³/mol. The molecule has 1 unspecified atom stereocenters. The van der Waals surface area contributed by atoms with Gasteiger partial charge in [-0.15, -0.1) is 0 Å². The number of ether oxygens (including phenoxy) is 3. The van der Waals surface area contributed by atoms with Crippen molar-refractivity contribution in [3.63, 3.8) is 0 Å². The van der Waals surface area contributed by atoms with Gasteiger partial charge in [0.1, 0.15) is 0 Å². The SMILES string of the molecule is CN=C(NCCC(=O)N(C)C)NCC(c1ccc(OC)c(OC)c1)N1CCOCC1. The summed E-state index contributed by atoms with van der Waals surface area (Å²) in [5.41, 5.74) is 1.13. The summed E-state index contributed by atoms with van der Waals surface area (Å²) in [4.78, 5) is 20.0. The van der Waals surface area contributed by atoms with Gasteiger partial charge in [-0.3, -0.25) is 14.7 Å². The Morgan fingerprint density at radius 1 is 1.20 bits per heavy atom. The third kappa shape index (κ3) is 6.77. The van der Waals surface area contributed by atoms with Gasteiger partial charge in [0.2, 0.25) is 5.91 Å². The monoisotopic (exact) mass is 421 g/mol. The number of hydrogen-bond acceptors (Lipinski definition) is 6. The Balaban J connectivity index is 2.07. The van der Waals surface area contributed by atoms with Gasteiger partial charge in [-0.05, 0) is 17.7 Å². The maximum absolute atomic E-state index is 11.8. The molecule has 1 aromatic rings. The van der Waals surface area contributed by atoms with Crippen molar-refractivity contribution in [3.8, 4) is 11.5 Å². The van der Waals surface area contributed by atoms with Crippen molar-refractivity contribution in [2.24, 2.45) is 4.99 Å². The van der Waals surface area contributed by atoms with E-state index in [1.54, 1.807) is 40.3 Å². The average molecular weight is 422 g/mol. The summed E-state index contributed by atoms with van der Waals surface area (Å²) in [6, 6.07) is 6.12. The Kier molecular flexibility index (Phi) is 9.69. The number of carbonyl (C=O) groups excluding carboxylic acids is 1. The molecule has 1 aromatic carbocycles. The molecule has 1 amide bonds. The van der Waals surface area contributed by atoms with Gasteiger partial charge in [-0.1, -0.05) is 6.07 Å². The average Bonchev–Trinajstić information content (AvgIpc) is 2.78. The van der Waals surface area contributed by atoms with Crippen LogP contribution in [0, 0.1) is 0 Å². The van der Waals surface area contributed by atoms with Gasteiger partial charge in [-0.2, -0.15) is 0 Å². The first-order chi connectivity index (χ1) is 14.5. The maximum Gasteiger partial charge on any atom is 0.223 e. The molecule has 1 aliphatic heterocycles. The first-order valence-corrected chi connectivity index (χ1v) is 10.2. The number of nitrogens with zero attached hydrogens (tertiary/aromatic N) is 3. The molecule has 30 heavy (non-hydrogen) atoms. The molecule has 9 heteroatoms. The van der Waals surface area contributed by atoms with E-state index in [2.05, 4.69) is 26.6 Å². The van der Waals surface area contributed by atoms with E-state index in [0.717, 1.165) is 18.7 Å². The molecule has 168 valence electrons. The molecular weight excluding hydrogens is 386 g/mol. The lowest BCUT2D eigenvalue weighted by molar-refractivity contribution is -0.128. The minimum absolute atomic E-state index is 0.0782. The summed E-state index contributed by atoms with van der Waals surface area (Å²) in [5, 5.41) is 6.60. The van der Waals surface area contributed by atoms with Crippen LogP contribution in [0.25, 0.3) is 0 Å². The quantitative estimate of drug-likeness (QED) is 0.449. The second-order valence-electron chi connectivity index (χ2n) is 7.20. The van der Waals surface area contributed by atoms with E-state index in [1.807, 2.05) is 12.1 Å². The van der Waals surface area contributed by atoms with Crippen molar-refractivity contribution < 1.29 is 19.0 Å². The zero-order valence-corrected chi connectivity index (χ0v) is 18.7. The van der Waals surface area contributed by atoms with Crippen LogP contribution in [0.1, 0.15) is 18.0 Å². The molecule has 2 N–H and O–H groups in total. The van der Waals surface area contributed by atoms with Gasteiger partial charge in [0, 0.05) is 53.7 Å². The van der Waals surface area contributed by atoms with Gasteiger partial charge in [-0.25, -0.2) is 0 Å². The minimum atomic E-state index is 0.0782. The van der Waals surface area contributed by atoms with Gasteiger partial charge in [0.15, 0.2) is 17.5 Å². The van der Waals surface area contributed by atoms with Crippen molar-refractivity contribution in [1.82, 2.24) is 20.4 Å². The molecule has 1 heterocycles. The summed E-state index contributed by atoms with van der Waals surface area (Å²) in [5.74, 6) is 2.16. The van der Waals surface area contributed by atoms with Crippen LogP contribution < -0.4 is 20.1 Å². The van der Waals surface area contributed by atoms with E-state index < -0.39 is 0 Å². The lowest BCUT2D eigenvalue weighted by atomic mass is 10.0. The molecule has 0 spiro atoms. The fraction of sp³-hybridized carbons (Fsp3) is 0.619. The summed E-state index contributed by atoms with van der Waals surface area (Å²) in [6.45, 7) is 4.30. The van der Waals surface area contributed by atoms with Crippen molar-refractivity contribution in [3.05, 3.63) is 23.8 Å². The third-order valence-electron chi connectivity index (χ3n) is 5.10. The van der Waals surface area contributed by atoms with Crippen LogP contribution >= 0.6 is 0 Å². The lowest BCUT2D eigenvalue weighted by Gasteiger charge is -2.35. The largest absolute Gasteiger partial charge is 0.493 e. The molecule has 2 rings (SSSR count). The smallest absolute Gasteiger partial charge is 0.223 e. The number of hydrogen-bond donors (Lipinski definition) is 2. The third-order valence-corrected chi connectivity index (χ3v) is 5.10. The molecule has 1 aliphatic rings. The van der Waals surface area contributed by atoms with Gasteiger partial charge in [0.25, 0.3) is 0 Å². The van der Waals surface area contributed by atoms with Gasteiger partial charge in [0.05, 0.1) is 33.5 Å². The molecule has 0 aliphatic carbocycles. The molecular formula is C21H35N5O4. The summed E-state index contributed by atoms with van der Waals surface area (Å²) in [7, 11) is 8.51. The molecule has 0 saturated carbocycles. The Hall–Kier alpha value is -2.52. The standard InChI is InChI=1S/C21H35N5O4/c1-22-21(23-9-8-20(27)25(2)3)24-15-17(26-10-12-30-13-11-26)16-6-7-18(28-4)19(14-16)29-5/h6-7,14,17H,8-13,15H2,1-5H3,(H2,22,23,24). The number of methoxy groups -OCH3 is 2. The molecule has 0 bridgehead atoms. The number of nitrogens with one attached hydrogen (secondary N) is 2. The summed E-state index contributed by atoms with van der Waals surface area (Å²) in [6.07, 6.45) is 0.413. The Labute approximate surface area is 179 Å². The molecule has 1 atom stereocenters. The van der Waals surface area contributed by atoms with Crippen molar-refractivity contribution in [1.29, 1.82) is 0 Å². The van der Waals surface area contributed by atoms with Crippen LogP contribution in [-0.4, -0.2) is 96.4 Å². The minimum Gasteiger partial charge on any atom is -0.493 e. The van der Waals surface area contributed by atoms with E-state index in [1.165, 1.54) is 0 Å². The lowest BCUT2D eigenvalue weighted by Crippen LogP contribution is -2.46. The fourth-order valence-corrected chi connectivity index (χ4v) is 3.33. The number of rotatable bonds is 9. The number of guanidine groups is 1. The van der Waals surface area contributed by atoms with Crippen LogP contribution in [0.2, 0.25) is 0 Å². The number of benzene rings is 1. The highest BCUT2D eigenvalue weighted by Crippen LogP contribution is 2.32. The van der Waals surface area contributed by atoms with Crippen LogP contribution in [0.4, 0.5) is 0 Å². The van der Waals surface area contributed by atoms with Crippen molar-refractivity contribution in [2.45, 2.75) is 12.5 Å². The first kappa shape index (κ1) is 23.8. The maximum atomic E-state index is 11.8. The van der Waals surface area contributed by atoms with E-state index in [4.69, 9.17) is 14.2 Å². The number of carbonyl (C=O) groups is 1. The Morgan fingerprint density at radius 2 is 1.90 bits per heavy atom. The highest BCUT2D eigenvalue weighted by atomic mass is 16.5. The summed E-state index contributed by atoms with van der Waals surface area (Å²) >= 11 is 0. The highest BCUT2D eigenvalue weighted by molar-refractivity contribution is 5.81. The molecule has 1 fully saturated rings. The molecule has 1 saturated heterocycles. The Bertz CT molecular complexity index is 705. The van der Waals surface area contributed by atoms with E-state index in [9.17, 15) is 4.79 Å². The zero-order valence-electron chi connectivity index (χ0n) is 18.7. The van der Waals surface area contributed by atoms with E-state index >= 15 is 0 Å². The number of morpholine rings is 1. The van der Waals surface area contributed by atoms with Crippen molar-refractivity contribution >= 4 is 11.9 Å². The van der Waals surface area contributed by atoms with E-state index in [0.29, 0.717) is 50.2 Å². The molecule has 0 radical (unpaired) electrons. The first-order valence-electron chi connectivity index (χ1n) is 10.2. The Morgan fingerprint density at radius 3 is 2.50 bits per heavy atom. The van der Waals surface area contributed by atoms with E-state index in [-0.39, 0.29) is 11.9 Å². The highest BCUT2D eigenvalue weighted by Gasteiger charge is 2.24. The second-order valence-corrected chi connectivity index (χ2v) is 7.20. The fourth-order valence-electron chi connectivity index (χ4n) is 3.33. The predicted octanol–water partition coefficient (Wildman–Crippen LogP) is 0.720. The van der Waals surface area contributed by atoms with Crippen LogP contribution in [0.15, 0.2) is 23.2 Å². The summed E-state index contributed by atoms with van der Waals surface area (Å²) < 4.78 is 16.4. The van der Waals surface area contributed by atoms with Crippen molar-refractivity contribution in [2.75, 3.05) is 74.8 Å². The number of amides is 1. The number of aliphatic imine (C=N–C) groups is 1. The molecule has 9 nitrogen and oxygen atoms in total. The molecule has 0 aromatic heterocycles. The topological polar surface area (TPSA) is 87.7 Å². The normalized spacial score (nSPS) is 16.0. The van der Waals surface area contributed by atoms with Crippen LogP contribution in [-0.2, 0) is 9.53 Å². The van der Waals surface area contributed by atoms with Gasteiger partial charge >= 0.3 is 0 Å². The van der Waals surface area contributed by atoms with Crippen LogP contribution in [0.5, 0.6) is 11.5 Å². The zero-order chi connectivity index (χ0) is 21.9. The van der Waals surface area contributed by atoms with Crippen LogP contribution in [0.3, 0.4) is 0 Å². The van der Waals surface area contributed by atoms with Gasteiger partial charge < -0.3 is 29.7 Å². The second kappa shape index (κ2) is 12.2.